The lowest BCUT2D eigenvalue weighted by Gasteiger charge is -2.16. The summed E-state index contributed by atoms with van der Waals surface area (Å²) < 4.78 is 65.5. The number of amides is 1. The Labute approximate surface area is 198 Å². The third kappa shape index (κ3) is 6.27. The van der Waals surface area contributed by atoms with Gasteiger partial charge in [-0.05, 0) is 35.9 Å². The number of carbonyl (C=O) groups excluding carboxylic acids is 1. The number of ether oxygens (including phenoxy) is 1. The summed E-state index contributed by atoms with van der Waals surface area (Å²) in [6, 6.07) is 15.5. The van der Waals surface area contributed by atoms with Gasteiger partial charge in [-0.3, -0.25) is 4.79 Å². The highest BCUT2D eigenvalue weighted by Gasteiger charge is 2.32. The van der Waals surface area contributed by atoms with Crippen molar-refractivity contribution >= 4 is 33.0 Å². The van der Waals surface area contributed by atoms with Crippen molar-refractivity contribution in [3.63, 3.8) is 0 Å². The first kappa shape index (κ1) is 25.1. The van der Waals surface area contributed by atoms with Crippen LogP contribution in [-0.4, -0.2) is 26.9 Å². The number of hydrogen-bond donors (Lipinski definition) is 1. The van der Waals surface area contributed by atoms with E-state index in [4.69, 9.17) is 11.6 Å². The molecule has 0 aromatic heterocycles. The first-order valence-electron chi connectivity index (χ1n) is 9.55. The molecule has 1 N–H and O–H groups in total. The molecule has 3 rings (SSSR count). The molecule has 0 aliphatic heterocycles. The van der Waals surface area contributed by atoms with Crippen molar-refractivity contribution in [2.45, 2.75) is 17.7 Å². The smallest absolute Gasteiger partial charge is 0.405 e. The highest BCUT2D eigenvalue weighted by atomic mass is 35.5. The van der Waals surface area contributed by atoms with Crippen LogP contribution in [-0.2, 0) is 21.1 Å². The number of carbonyl (C=O) groups is 1. The maximum atomic E-state index is 12.8. The monoisotopic (exact) mass is 508 g/mol. The molecule has 0 atom stereocenters. The second-order valence-electron chi connectivity index (χ2n) is 7.18. The van der Waals surface area contributed by atoms with Crippen LogP contribution >= 0.6 is 11.6 Å². The van der Waals surface area contributed by atoms with E-state index >= 15 is 0 Å². The Morgan fingerprint density at radius 2 is 1.76 bits per heavy atom. The van der Waals surface area contributed by atoms with Crippen LogP contribution in [0.5, 0.6) is 5.75 Å². The van der Waals surface area contributed by atoms with E-state index in [-0.39, 0.29) is 38.7 Å². The third-order valence-corrected chi connectivity index (χ3v) is 6.02. The highest BCUT2D eigenvalue weighted by molar-refractivity contribution is 7.90. The van der Waals surface area contributed by atoms with Crippen molar-refractivity contribution in [3.05, 3.63) is 76.8 Å². The first-order valence-corrected chi connectivity index (χ1v) is 11.8. The van der Waals surface area contributed by atoms with Crippen LogP contribution in [0.1, 0.15) is 11.1 Å². The quantitative estimate of drug-likeness (QED) is 0.483. The number of rotatable bonds is 6. The zero-order valence-corrected chi connectivity index (χ0v) is 19.1. The number of nitriles is 1. The molecule has 3 aromatic carbocycles. The molecule has 0 saturated heterocycles. The van der Waals surface area contributed by atoms with E-state index in [0.717, 1.165) is 12.3 Å². The molecule has 0 fully saturated rings. The van der Waals surface area contributed by atoms with Crippen molar-refractivity contribution in [1.29, 1.82) is 5.26 Å². The Kier molecular flexibility index (Phi) is 7.19. The highest BCUT2D eigenvalue weighted by Crippen LogP contribution is 2.40. The normalized spacial score (nSPS) is 11.5. The van der Waals surface area contributed by atoms with Gasteiger partial charge in [0.05, 0.1) is 28.0 Å². The summed E-state index contributed by atoms with van der Waals surface area (Å²) in [5, 5.41) is 12.1. The van der Waals surface area contributed by atoms with Gasteiger partial charge in [-0.2, -0.15) is 5.26 Å². The molecule has 6 nitrogen and oxygen atoms in total. The van der Waals surface area contributed by atoms with E-state index in [1.807, 2.05) is 6.07 Å². The van der Waals surface area contributed by atoms with Crippen molar-refractivity contribution in [2.75, 3.05) is 11.6 Å². The number of anilines is 1. The number of halogens is 4. The van der Waals surface area contributed by atoms with E-state index in [1.54, 1.807) is 0 Å². The number of benzene rings is 3. The number of sulfone groups is 1. The van der Waals surface area contributed by atoms with E-state index in [1.165, 1.54) is 54.6 Å². The predicted molar refractivity (Wildman–Crippen MR) is 120 cm³/mol. The lowest BCUT2D eigenvalue weighted by molar-refractivity contribution is -0.274. The SMILES string of the molecule is CS(=O)(=O)c1ccc(CC(=O)Nc2cc(Cl)c(-c3ccccc3OC(F)(F)F)c(C#N)c2)cc1. The average molecular weight is 509 g/mol. The van der Waals surface area contributed by atoms with Gasteiger partial charge in [0, 0.05) is 23.1 Å². The minimum Gasteiger partial charge on any atom is -0.405 e. The minimum absolute atomic E-state index is 0.0263. The fourth-order valence-electron chi connectivity index (χ4n) is 3.17. The molecule has 0 heterocycles. The lowest BCUT2D eigenvalue weighted by Crippen LogP contribution is -2.17. The molecule has 0 saturated carbocycles. The summed E-state index contributed by atoms with van der Waals surface area (Å²) in [4.78, 5) is 12.6. The number of alkyl halides is 3. The van der Waals surface area contributed by atoms with Crippen molar-refractivity contribution in [3.8, 4) is 22.9 Å². The number of nitrogens with zero attached hydrogens (tertiary/aromatic N) is 1. The van der Waals surface area contributed by atoms with Gasteiger partial charge < -0.3 is 10.1 Å². The first-order chi connectivity index (χ1) is 15.9. The number of para-hydroxylation sites is 1. The standard InChI is InChI=1S/C23H16ClF3N2O4S/c1-34(31,32)17-8-6-14(7-9-17)10-21(30)29-16-11-15(13-28)22(19(24)12-16)18-4-2-3-5-20(18)33-23(25,26)27/h2-9,11-12H,10H2,1H3,(H,29,30). The molecule has 176 valence electrons. The number of hydrogen-bond acceptors (Lipinski definition) is 5. The largest absolute Gasteiger partial charge is 0.573 e. The molecular formula is C23H16ClF3N2O4S. The second-order valence-corrected chi connectivity index (χ2v) is 9.60. The number of nitrogens with one attached hydrogen (secondary N) is 1. The van der Waals surface area contributed by atoms with Gasteiger partial charge in [-0.1, -0.05) is 41.9 Å². The van der Waals surface area contributed by atoms with Crippen LogP contribution in [0.3, 0.4) is 0 Å². The summed E-state index contributed by atoms with van der Waals surface area (Å²) in [6.45, 7) is 0. The van der Waals surface area contributed by atoms with E-state index < -0.39 is 27.9 Å². The van der Waals surface area contributed by atoms with Crippen molar-refractivity contribution < 1.29 is 31.1 Å². The Bertz CT molecular complexity index is 1380. The molecule has 0 bridgehead atoms. The second kappa shape index (κ2) is 9.75. The van der Waals surface area contributed by atoms with E-state index in [9.17, 15) is 31.6 Å². The Hall–Kier alpha value is -3.55. The average Bonchev–Trinajstić information content (AvgIpc) is 2.72. The van der Waals surface area contributed by atoms with Crippen molar-refractivity contribution in [2.24, 2.45) is 0 Å². The van der Waals surface area contributed by atoms with Crippen LogP contribution in [0, 0.1) is 11.3 Å². The van der Waals surface area contributed by atoms with E-state index in [0.29, 0.717) is 5.56 Å². The van der Waals surface area contributed by atoms with Crippen LogP contribution < -0.4 is 10.1 Å². The van der Waals surface area contributed by atoms with Gasteiger partial charge in [-0.15, -0.1) is 13.2 Å². The van der Waals surface area contributed by atoms with Crippen molar-refractivity contribution in [1.82, 2.24) is 0 Å². The topological polar surface area (TPSA) is 96.3 Å². The fraction of sp³-hybridized carbons (Fsp3) is 0.130. The molecule has 34 heavy (non-hydrogen) atoms. The van der Waals surface area contributed by atoms with Crippen LogP contribution in [0.15, 0.2) is 65.6 Å². The van der Waals surface area contributed by atoms with Gasteiger partial charge in [-0.25, -0.2) is 8.42 Å². The van der Waals surface area contributed by atoms with Crippen LogP contribution in [0.25, 0.3) is 11.1 Å². The molecule has 0 aliphatic carbocycles. The zero-order valence-electron chi connectivity index (χ0n) is 17.5. The maximum Gasteiger partial charge on any atom is 0.573 e. The fourth-order valence-corrected chi connectivity index (χ4v) is 4.12. The minimum atomic E-state index is -4.94. The van der Waals surface area contributed by atoms with Gasteiger partial charge >= 0.3 is 6.36 Å². The molecule has 11 heteroatoms. The Balaban J connectivity index is 1.86. The Morgan fingerprint density at radius 3 is 2.35 bits per heavy atom. The van der Waals surface area contributed by atoms with Crippen LogP contribution in [0.4, 0.5) is 18.9 Å². The molecule has 0 radical (unpaired) electrons. The van der Waals surface area contributed by atoms with Crippen LogP contribution in [0.2, 0.25) is 5.02 Å². The summed E-state index contributed by atoms with van der Waals surface area (Å²) in [5.74, 6) is -0.997. The summed E-state index contributed by atoms with van der Waals surface area (Å²) in [7, 11) is -3.37. The summed E-state index contributed by atoms with van der Waals surface area (Å²) in [6.07, 6.45) is -3.96. The molecule has 0 spiro atoms. The summed E-state index contributed by atoms with van der Waals surface area (Å²) >= 11 is 6.30. The molecule has 0 unspecified atom stereocenters. The van der Waals surface area contributed by atoms with Gasteiger partial charge in [0.2, 0.25) is 5.91 Å². The zero-order chi connectivity index (χ0) is 25.1. The van der Waals surface area contributed by atoms with E-state index in [2.05, 4.69) is 10.1 Å². The molecule has 3 aromatic rings. The van der Waals surface area contributed by atoms with Gasteiger partial charge in [0.15, 0.2) is 9.84 Å². The molecule has 1 amide bonds. The summed E-state index contributed by atoms with van der Waals surface area (Å²) in [5.41, 5.74) is 0.630. The molecule has 0 aliphatic rings. The Morgan fingerprint density at radius 1 is 1.12 bits per heavy atom. The molecular weight excluding hydrogens is 493 g/mol. The maximum absolute atomic E-state index is 12.8. The van der Waals surface area contributed by atoms with Gasteiger partial charge in [0.1, 0.15) is 5.75 Å². The lowest BCUT2D eigenvalue weighted by atomic mass is 9.98. The van der Waals surface area contributed by atoms with Gasteiger partial charge in [0.25, 0.3) is 0 Å². The predicted octanol–water partition coefficient (Wildman–Crippen LogP) is 5.36. The third-order valence-electron chi connectivity index (χ3n) is 4.59.